The van der Waals surface area contributed by atoms with E-state index < -0.39 is 0 Å². The highest BCUT2D eigenvalue weighted by atomic mass is 35.5. The maximum Gasteiger partial charge on any atom is 0.234 e. The Morgan fingerprint density at radius 2 is 2.00 bits per heavy atom. The summed E-state index contributed by atoms with van der Waals surface area (Å²) in [5, 5.41) is 13.8. The van der Waals surface area contributed by atoms with E-state index in [4.69, 9.17) is 21.6 Å². The molecule has 25 heavy (non-hydrogen) atoms. The van der Waals surface area contributed by atoms with Gasteiger partial charge in [-0.05, 0) is 67.3 Å². The predicted molar refractivity (Wildman–Crippen MR) is 96.6 cm³/mol. The fourth-order valence-electron chi connectivity index (χ4n) is 2.61. The first-order valence-corrected chi connectivity index (χ1v) is 8.15. The van der Waals surface area contributed by atoms with Gasteiger partial charge in [-0.1, -0.05) is 0 Å². The van der Waals surface area contributed by atoms with Crippen LogP contribution >= 0.6 is 11.6 Å². The lowest BCUT2D eigenvalue weighted by atomic mass is 10.1. The Morgan fingerprint density at radius 3 is 2.64 bits per heavy atom. The summed E-state index contributed by atoms with van der Waals surface area (Å²) in [5.74, 6) is 1.08. The van der Waals surface area contributed by atoms with Crippen molar-refractivity contribution in [1.29, 1.82) is 5.26 Å². The summed E-state index contributed by atoms with van der Waals surface area (Å²) in [5.41, 5.74) is 3.31. The van der Waals surface area contributed by atoms with E-state index in [1.165, 1.54) is 6.08 Å². The van der Waals surface area contributed by atoms with Crippen LogP contribution in [-0.4, -0.2) is 19.7 Å². The van der Waals surface area contributed by atoms with Gasteiger partial charge in [0.15, 0.2) is 5.65 Å². The van der Waals surface area contributed by atoms with Gasteiger partial charge in [0.05, 0.1) is 6.07 Å². The molecule has 0 saturated carbocycles. The topological polar surface area (TPSA) is 76.6 Å². The minimum atomic E-state index is 0.0905. The normalized spacial score (nSPS) is 11.2. The largest absolute Gasteiger partial charge is 0.438 e. The molecule has 2 aromatic heterocycles. The van der Waals surface area contributed by atoms with E-state index in [0.29, 0.717) is 29.2 Å². The molecule has 2 heterocycles. The van der Waals surface area contributed by atoms with Gasteiger partial charge >= 0.3 is 0 Å². The summed E-state index contributed by atoms with van der Waals surface area (Å²) in [7, 11) is 0. The number of fused-ring (bicyclic) bond motifs is 1. The van der Waals surface area contributed by atoms with E-state index in [1.807, 2.05) is 45.2 Å². The van der Waals surface area contributed by atoms with Crippen LogP contribution in [0, 0.1) is 25.2 Å². The lowest BCUT2D eigenvalue weighted by Crippen LogP contribution is -1.96. The maximum atomic E-state index is 8.67. The molecule has 3 aromatic rings. The van der Waals surface area contributed by atoms with Gasteiger partial charge in [0.2, 0.25) is 11.2 Å². The molecule has 0 N–H and O–H groups in total. The number of allylic oxidation sites excluding steroid dienone is 1. The van der Waals surface area contributed by atoms with Crippen molar-refractivity contribution in [2.24, 2.45) is 0 Å². The van der Waals surface area contributed by atoms with E-state index in [2.05, 4.69) is 15.1 Å². The van der Waals surface area contributed by atoms with Crippen LogP contribution in [0.25, 0.3) is 17.1 Å². The maximum absolute atomic E-state index is 8.67. The van der Waals surface area contributed by atoms with Crippen LogP contribution < -0.4 is 4.74 Å². The van der Waals surface area contributed by atoms with Crippen molar-refractivity contribution in [3.8, 4) is 17.7 Å². The lowest BCUT2D eigenvalue weighted by molar-refractivity contribution is 0.461. The standard InChI is InChI=1S/C18H16ClN5O/c1-4-24-10-14-16(23-24)21-18(19)22-17(14)25-15-11(2)8-13(6-5-7-20)9-12(15)3/h5-6,8-10H,4H2,1-3H3/b6-5+. The van der Waals surface area contributed by atoms with Crippen LogP contribution in [0.4, 0.5) is 0 Å². The molecule has 6 nitrogen and oxygen atoms in total. The van der Waals surface area contributed by atoms with Gasteiger partial charge in [-0.3, -0.25) is 4.68 Å². The molecule has 0 fully saturated rings. The molecular weight excluding hydrogens is 338 g/mol. The number of aryl methyl sites for hydroxylation is 3. The number of aromatic nitrogens is 4. The Kier molecular flexibility index (Phi) is 4.68. The average Bonchev–Trinajstić information content (AvgIpc) is 2.99. The molecular formula is C18H16ClN5O. The Morgan fingerprint density at radius 1 is 1.28 bits per heavy atom. The summed E-state index contributed by atoms with van der Waals surface area (Å²) in [6.07, 6.45) is 5.05. The molecule has 0 aliphatic heterocycles. The number of benzene rings is 1. The van der Waals surface area contributed by atoms with Crippen molar-refractivity contribution in [1.82, 2.24) is 19.7 Å². The van der Waals surface area contributed by atoms with Crippen molar-refractivity contribution in [2.75, 3.05) is 0 Å². The number of nitriles is 1. The molecule has 0 unspecified atom stereocenters. The molecule has 0 aliphatic rings. The molecule has 0 aliphatic carbocycles. The van der Waals surface area contributed by atoms with E-state index in [-0.39, 0.29) is 5.28 Å². The summed E-state index contributed by atoms with van der Waals surface area (Å²) in [4.78, 5) is 8.36. The second kappa shape index (κ2) is 6.91. The van der Waals surface area contributed by atoms with Crippen LogP contribution in [0.15, 0.2) is 24.4 Å². The third kappa shape index (κ3) is 3.47. The number of hydrogen-bond acceptors (Lipinski definition) is 5. The highest BCUT2D eigenvalue weighted by Gasteiger charge is 2.15. The monoisotopic (exact) mass is 353 g/mol. The summed E-state index contributed by atoms with van der Waals surface area (Å²) < 4.78 is 7.84. The Balaban J connectivity index is 2.06. The second-order valence-corrected chi connectivity index (χ2v) is 5.91. The first-order valence-electron chi connectivity index (χ1n) is 7.77. The number of halogens is 1. The van der Waals surface area contributed by atoms with Gasteiger partial charge in [0.25, 0.3) is 0 Å². The van der Waals surface area contributed by atoms with E-state index in [1.54, 1.807) is 10.8 Å². The fraction of sp³-hybridized carbons (Fsp3) is 0.222. The molecule has 0 atom stereocenters. The number of rotatable bonds is 4. The van der Waals surface area contributed by atoms with Crippen molar-refractivity contribution in [2.45, 2.75) is 27.3 Å². The van der Waals surface area contributed by atoms with Gasteiger partial charge in [-0.15, -0.1) is 0 Å². The van der Waals surface area contributed by atoms with Crippen molar-refractivity contribution in [3.63, 3.8) is 0 Å². The van der Waals surface area contributed by atoms with Crippen LogP contribution in [0.5, 0.6) is 11.6 Å². The summed E-state index contributed by atoms with van der Waals surface area (Å²) in [6, 6.07) is 5.89. The first-order chi connectivity index (χ1) is 12.0. The fourth-order valence-corrected chi connectivity index (χ4v) is 2.77. The predicted octanol–water partition coefficient (Wildman–Crippen LogP) is 4.45. The minimum Gasteiger partial charge on any atom is -0.438 e. The third-order valence-electron chi connectivity index (χ3n) is 3.72. The average molecular weight is 354 g/mol. The molecule has 7 heteroatoms. The Hall–Kier alpha value is -2.91. The molecule has 3 rings (SSSR count). The lowest BCUT2D eigenvalue weighted by Gasteiger charge is -2.12. The first kappa shape index (κ1) is 16.9. The zero-order chi connectivity index (χ0) is 18.0. The quantitative estimate of drug-likeness (QED) is 0.511. The second-order valence-electron chi connectivity index (χ2n) is 5.57. The molecule has 0 radical (unpaired) electrons. The zero-order valence-electron chi connectivity index (χ0n) is 14.1. The van der Waals surface area contributed by atoms with Crippen molar-refractivity contribution in [3.05, 3.63) is 46.4 Å². The third-order valence-corrected chi connectivity index (χ3v) is 3.89. The summed E-state index contributed by atoms with van der Waals surface area (Å²) in [6.45, 7) is 6.59. The van der Waals surface area contributed by atoms with Gasteiger partial charge in [0, 0.05) is 18.8 Å². The van der Waals surface area contributed by atoms with Crippen LogP contribution in [0.1, 0.15) is 23.6 Å². The van der Waals surface area contributed by atoms with E-state index in [0.717, 1.165) is 16.7 Å². The minimum absolute atomic E-state index is 0.0905. The number of nitrogens with zero attached hydrogens (tertiary/aromatic N) is 5. The van der Waals surface area contributed by atoms with Gasteiger partial charge in [-0.2, -0.15) is 20.3 Å². The van der Waals surface area contributed by atoms with Crippen LogP contribution in [0.3, 0.4) is 0 Å². The van der Waals surface area contributed by atoms with Crippen LogP contribution in [-0.2, 0) is 6.54 Å². The van der Waals surface area contributed by atoms with E-state index >= 15 is 0 Å². The molecule has 0 spiro atoms. The van der Waals surface area contributed by atoms with Crippen molar-refractivity contribution < 1.29 is 4.74 Å². The smallest absolute Gasteiger partial charge is 0.234 e. The number of hydrogen-bond donors (Lipinski definition) is 0. The highest BCUT2D eigenvalue weighted by Crippen LogP contribution is 2.33. The molecule has 1 aromatic carbocycles. The highest BCUT2D eigenvalue weighted by molar-refractivity contribution is 6.28. The molecule has 126 valence electrons. The Bertz CT molecular complexity index is 993. The zero-order valence-corrected chi connectivity index (χ0v) is 14.9. The number of ether oxygens (including phenoxy) is 1. The van der Waals surface area contributed by atoms with Gasteiger partial charge in [-0.25, -0.2) is 0 Å². The Labute approximate surface area is 150 Å². The SMILES string of the molecule is CCn1cc2c(Oc3c(C)cc(/C=C/C#N)cc3C)nc(Cl)nc2n1. The van der Waals surface area contributed by atoms with Crippen molar-refractivity contribution >= 4 is 28.7 Å². The molecule has 0 amide bonds. The van der Waals surface area contributed by atoms with Gasteiger partial charge in [0.1, 0.15) is 11.1 Å². The molecule has 0 bridgehead atoms. The summed E-state index contributed by atoms with van der Waals surface area (Å²) >= 11 is 6.01. The van der Waals surface area contributed by atoms with E-state index in [9.17, 15) is 0 Å². The molecule has 0 saturated heterocycles. The van der Waals surface area contributed by atoms with Gasteiger partial charge < -0.3 is 4.74 Å². The van der Waals surface area contributed by atoms with Crippen LogP contribution in [0.2, 0.25) is 5.28 Å².